The molecule has 4 nitrogen and oxygen atoms in total. The number of hydrogen-bond donors (Lipinski definition) is 0. The number of halogens is 3. The second kappa shape index (κ2) is 7.41. The molecule has 0 unspecified atom stereocenters. The molecule has 3 rings (SSSR count). The van der Waals surface area contributed by atoms with E-state index >= 15 is 0 Å². The Labute approximate surface area is 144 Å². The molecular formula is C18H20F3N3O. The van der Waals surface area contributed by atoms with Crippen LogP contribution < -0.4 is 4.74 Å². The van der Waals surface area contributed by atoms with E-state index in [1.807, 2.05) is 24.3 Å². The number of piperazine rings is 1. The topological polar surface area (TPSA) is 28.6 Å². The molecule has 0 radical (unpaired) electrons. The normalized spacial score (nSPS) is 16.8. The van der Waals surface area contributed by atoms with Crippen LogP contribution >= 0.6 is 0 Å². The summed E-state index contributed by atoms with van der Waals surface area (Å²) in [4.78, 5) is 8.39. The van der Waals surface area contributed by atoms with Gasteiger partial charge in [0.2, 0.25) is 5.88 Å². The minimum atomic E-state index is -4.40. The van der Waals surface area contributed by atoms with Gasteiger partial charge < -0.3 is 9.64 Å². The van der Waals surface area contributed by atoms with E-state index < -0.39 is 11.7 Å². The first-order valence-corrected chi connectivity index (χ1v) is 8.12. The molecule has 1 aromatic carbocycles. The molecule has 1 fully saturated rings. The zero-order chi connectivity index (χ0) is 17.9. The molecule has 134 valence electrons. The summed E-state index contributed by atoms with van der Waals surface area (Å²) >= 11 is 0. The summed E-state index contributed by atoms with van der Waals surface area (Å²) < 4.78 is 43.6. The Hall–Kier alpha value is -2.12. The van der Waals surface area contributed by atoms with E-state index in [1.165, 1.54) is 6.07 Å². The molecule has 0 saturated carbocycles. The van der Waals surface area contributed by atoms with Crippen LogP contribution in [0.1, 0.15) is 11.1 Å². The van der Waals surface area contributed by atoms with Crippen molar-refractivity contribution in [1.82, 2.24) is 14.8 Å². The van der Waals surface area contributed by atoms with Crippen molar-refractivity contribution in [3.8, 4) is 11.6 Å². The van der Waals surface area contributed by atoms with Gasteiger partial charge in [0.05, 0.1) is 5.56 Å². The van der Waals surface area contributed by atoms with Crippen LogP contribution in [0.3, 0.4) is 0 Å². The van der Waals surface area contributed by atoms with E-state index in [4.69, 9.17) is 4.74 Å². The highest BCUT2D eigenvalue weighted by Gasteiger charge is 2.30. The summed E-state index contributed by atoms with van der Waals surface area (Å²) in [6.07, 6.45) is -3.61. The first kappa shape index (κ1) is 17.7. The van der Waals surface area contributed by atoms with Crippen LogP contribution in [0, 0.1) is 0 Å². The van der Waals surface area contributed by atoms with Crippen LogP contribution in [0.15, 0.2) is 42.6 Å². The van der Waals surface area contributed by atoms with Gasteiger partial charge >= 0.3 is 6.18 Å². The number of hydrogen-bond acceptors (Lipinski definition) is 4. The van der Waals surface area contributed by atoms with Gasteiger partial charge in [0.25, 0.3) is 0 Å². The lowest BCUT2D eigenvalue weighted by Crippen LogP contribution is -2.43. The van der Waals surface area contributed by atoms with E-state index in [1.54, 1.807) is 0 Å². The maximum absolute atomic E-state index is 12.6. The molecule has 0 bridgehead atoms. The molecule has 0 N–H and O–H groups in total. The number of likely N-dealkylation sites (N-methyl/N-ethyl adjacent to an activating group) is 1. The SMILES string of the molecule is CN1CCN(Cc2ccccc2Oc2ccc(C(F)(F)F)cn2)CC1. The number of aromatic nitrogens is 1. The highest BCUT2D eigenvalue weighted by Crippen LogP contribution is 2.31. The van der Waals surface area contributed by atoms with Gasteiger partial charge in [-0.25, -0.2) is 4.98 Å². The van der Waals surface area contributed by atoms with Crippen molar-refractivity contribution in [3.63, 3.8) is 0 Å². The first-order chi connectivity index (χ1) is 11.9. The fourth-order valence-corrected chi connectivity index (χ4v) is 2.70. The molecule has 7 heteroatoms. The largest absolute Gasteiger partial charge is 0.439 e. The molecule has 1 aromatic heterocycles. The third-order valence-electron chi connectivity index (χ3n) is 4.24. The predicted octanol–water partition coefficient (Wildman–Crippen LogP) is 3.64. The first-order valence-electron chi connectivity index (χ1n) is 8.12. The summed E-state index contributed by atoms with van der Waals surface area (Å²) in [7, 11) is 2.10. The van der Waals surface area contributed by atoms with Crippen molar-refractivity contribution in [2.45, 2.75) is 12.7 Å². The number of rotatable bonds is 4. The zero-order valence-electron chi connectivity index (χ0n) is 14.0. The minimum Gasteiger partial charge on any atom is -0.439 e. The predicted molar refractivity (Wildman–Crippen MR) is 88.5 cm³/mol. The van der Waals surface area contributed by atoms with E-state index in [0.717, 1.165) is 50.6 Å². The Morgan fingerprint density at radius 2 is 1.76 bits per heavy atom. The average Bonchev–Trinajstić information content (AvgIpc) is 2.58. The van der Waals surface area contributed by atoms with E-state index in [-0.39, 0.29) is 5.88 Å². The van der Waals surface area contributed by atoms with Gasteiger partial charge in [0.1, 0.15) is 5.75 Å². The van der Waals surface area contributed by atoms with E-state index in [9.17, 15) is 13.2 Å². The number of benzene rings is 1. The van der Waals surface area contributed by atoms with Gasteiger partial charge in [0, 0.05) is 50.6 Å². The zero-order valence-corrected chi connectivity index (χ0v) is 14.0. The number of para-hydroxylation sites is 1. The summed E-state index contributed by atoms with van der Waals surface area (Å²) in [6, 6.07) is 9.77. The second-order valence-corrected chi connectivity index (χ2v) is 6.17. The standard InChI is InChI=1S/C18H20F3N3O/c1-23-8-10-24(11-9-23)13-14-4-2-3-5-16(14)25-17-7-6-15(12-22-17)18(19,20)21/h2-7,12H,8-11,13H2,1H3. The lowest BCUT2D eigenvalue weighted by molar-refractivity contribution is -0.137. The van der Waals surface area contributed by atoms with Crippen LogP contribution in [0.4, 0.5) is 13.2 Å². The quantitative estimate of drug-likeness (QED) is 0.841. The minimum absolute atomic E-state index is 0.152. The van der Waals surface area contributed by atoms with Crippen LogP contribution in [-0.4, -0.2) is 48.0 Å². The van der Waals surface area contributed by atoms with Crippen LogP contribution in [0.2, 0.25) is 0 Å². The molecule has 0 atom stereocenters. The lowest BCUT2D eigenvalue weighted by atomic mass is 10.1. The Morgan fingerprint density at radius 3 is 2.40 bits per heavy atom. The van der Waals surface area contributed by atoms with Gasteiger partial charge in [0.15, 0.2) is 0 Å². The fourth-order valence-electron chi connectivity index (χ4n) is 2.70. The highest BCUT2D eigenvalue weighted by atomic mass is 19.4. The monoisotopic (exact) mass is 351 g/mol. The van der Waals surface area contributed by atoms with Gasteiger partial charge in [-0.15, -0.1) is 0 Å². The molecule has 0 amide bonds. The van der Waals surface area contributed by atoms with Crippen molar-refractivity contribution < 1.29 is 17.9 Å². The fraction of sp³-hybridized carbons (Fsp3) is 0.389. The lowest BCUT2D eigenvalue weighted by Gasteiger charge is -2.32. The Morgan fingerprint density at radius 1 is 1.04 bits per heavy atom. The van der Waals surface area contributed by atoms with Crippen molar-refractivity contribution in [1.29, 1.82) is 0 Å². The molecule has 0 aliphatic carbocycles. The number of ether oxygens (including phenoxy) is 1. The van der Waals surface area contributed by atoms with E-state index in [0.29, 0.717) is 5.75 Å². The van der Waals surface area contributed by atoms with Gasteiger partial charge in [-0.05, 0) is 19.2 Å². The Kier molecular flexibility index (Phi) is 5.24. The molecule has 2 aromatic rings. The van der Waals surface area contributed by atoms with Gasteiger partial charge in [-0.2, -0.15) is 13.2 Å². The van der Waals surface area contributed by atoms with Crippen LogP contribution in [-0.2, 0) is 12.7 Å². The van der Waals surface area contributed by atoms with Crippen LogP contribution in [0.25, 0.3) is 0 Å². The van der Waals surface area contributed by atoms with Gasteiger partial charge in [-0.3, -0.25) is 4.90 Å². The van der Waals surface area contributed by atoms with Crippen molar-refractivity contribution in [2.24, 2.45) is 0 Å². The number of nitrogens with zero attached hydrogens (tertiary/aromatic N) is 3. The smallest absolute Gasteiger partial charge is 0.417 e. The third kappa shape index (κ3) is 4.70. The van der Waals surface area contributed by atoms with Gasteiger partial charge in [-0.1, -0.05) is 18.2 Å². The summed E-state index contributed by atoms with van der Waals surface area (Å²) in [6.45, 7) is 4.73. The highest BCUT2D eigenvalue weighted by molar-refractivity contribution is 5.36. The van der Waals surface area contributed by atoms with E-state index in [2.05, 4.69) is 21.8 Å². The molecule has 1 aliphatic heterocycles. The Balaban J connectivity index is 1.70. The second-order valence-electron chi connectivity index (χ2n) is 6.17. The van der Waals surface area contributed by atoms with Crippen molar-refractivity contribution >= 4 is 0 Å². The summed E-state index contributed by atoms with van der Waals surface area (Å²) in [5, 5.41) is 0. The van der Waals surface area contributed by atoms with Crippen molar-refractivity contribution in [3.05, 3.63) is 53.7 Å². The number of pyridine rings is 1. The molecule has 1 saturated heterocycles. The van der Waals surface area contributed by atoms with Crippen LogP contribution in [0.5, 0.6) is 11.6 Å². The maximum atomic E-state index is 12.6. The maximum Gasteiger partial charge on any atom is 0.417 e. The molecular weight excluding hydrogens is 331 g/mol. The molecule has 1 aliphatic rings. The number of alkyl halides is 3. The molecule has 0 spiro atoms. The third-order valence-corrected chi connectivity index (χ3v) is 4.24. The Bertz CT molecular complexity index is 695. The van der Waals surface area contributed by atoms with Crippen molar-refractivity contribution in [2.75, 3.05) is 33.2 Å². The average molecular weight is 351 g/mol. The summed E-state index contributed by atoms with van der Waals surface area (Å²) in [5.74, 6) is 0.771. The molecule has 25 heavy (non-hydrogen) atoms. The summed E-state index contributed by atoms with van der Waals surface area (Å²) in [5.41, 5.74) is 0.208. The molecule has 2 heterocycles.